The Morgan fingerprint density at radius 3 is 2.79 bits per heavy atom. The number of amides is 1. The van der Waals surface area contributed by atoms with E-state index in [9.17, 15) is 4.79 Å². The van der Waals surface area contributed by atoms with Crippen LogP contribution >= 0.6 is 23.2 Å². The smallest absolute Gasteiger partial charge is 0.220 e. The lowest BCUT2D eigenvalue weighted by Crippen LogP contribution is -2.34. The molecule has 1 atom stereocenters. The highest BCUT2D eigenvalue weighted by Gasteiger charge is 2.22. The lowest BCUT2D eigenvalue weighted by molar-refractivity contribution is -0.119. The fourth-order valence-electron chi connectivity index (χ4n) is 3.96. The highest BCUT2D eigenvalue weighted by molar-refractivity contribution is 6.39. The third-order valence-electron chi connectivity index (χ3n) is 5.67. The summed E-state index contributed by atoms with van der Waals surface area (Å²) < 4.78 is 8.98. The van der Waals surface area contributed by atoms with Gasteiger partial charge in [-0.1, -0.05) is 23.2 Å². The number of halogens is 2. The standard InChI is InChI=1S/C23H21Cl2N7O2/c1-31-11-13(9-27-31)17-10-26-16-5-7-19(30-22-15(24)4-6-18(34-2)21(22)25)32(23(16)29-17)12-14-3-8-20(33)28-14/h4-7,9-11,14H,3,8,12H2,1-2H3,(H,28,33). The Bertz CT molecular complexity index is 1480. The molecule has 0 aliphatic carbocycles. The summed E-state index contributed by atoms with van der Waals surface area (Å²) in [7, 11) is 3.38. The van der Waals surface area contributed by atoms with Gasteiger partial charge in [0.1, 0.15) is 27.5 Å². The molecule has 5 rings (SSSR count). The second-order valence-electron chi connectivity index (χ2n) is 8.00. The van der Waals surface area contributed by atoms with Gasteiger partial charge in [-0.15, -0.1) is 0 Å². The molecule has 1 aliphatic heterocycles. The number of benzene rings is 1. The van der Waals surface area contributed by atoms with Gasteiger partial charge in [-0.2, -0.15) is 5.10 Å². The summed E-state index contributed by atoms with van der Waals surface area (Å²) >= 11 is 13.0. The summed E-state index contributed by atoms with van der Waals surface area (Å²) in [6.07, 6.45) is 6.54. The molecule has 1 N–H and O–H groups in total. The Morgan fingerprint density at radius 1 is 1.24 bits per heavy atom. The molecule has 1 fully saturated rings. The molecule has 0 radical (unpaired) electrons. The number of nitrogens with zero attached hydrogens (tertiary/aromatic N) is 6. The molecule has 4 aromatic rings. The van der Waals surface area contributed by atoms with Crippen LogP contribution in [0.5, 0.6) is 5.75 Å². The molecular weight excluding hydrogens is 477 g/mol. The van der Waals surface area contributed by atoms with Gasteiger partial charge >= 0.3 is 0 Å². The van der Waals surface area contributed by atoms with Crippen LogP contribution in [0.1, 0.15) is 12.8 Å². The van der Waals surface area contributed by atoms with Crippen molar-refractivity contribution in [2.24, 2.45) is 12.0 Å². The third kappa shape index (κ3) is 4.24. The van der Waals surface area contributed by atoms with Gasteiger partial charge in [0.25, 0.3) is 0 Å². The van der Waals surface area contributed by atoms with E-state index in [-0.39, 0.29) is 11.9 Å². The first-order valence-corrected chi connectivity index (χ1v) is 11.4. The van der Waals surface area contributed by atoms with Gasteiger partial charge in [-0.3, -0.25) is 14.5 Å². The van der Waals surface area contributed by atoms with Gasteiger partial charge in [0.15, 0.2) is 5.65 Å². The quantitative estimate of drug-likeness (QED) is 0.453. The Hall–Kier alpha value is -3.43. The fourth-order valence-corrected chi connectivity index (χ4v) is 4.49. The van der Waals surface area contributed by atoms with Crippen LogP contribution in [0.4, 0.5) is 5.69 Å². The van der Waals surface area contributed by atoms with Crippen molar-refractivity contribution in [3.8, 4) is 17.0 Å². The molecule has 1 aliphatic rings. The van der Waals surface area contributed by atoms with Crippen molar-refractivity contribution >= 4 is 46.0 Å². The number of carbonyl (C=O) groups is 1. The number of hydrogen-bond acceptors (Lipinski definition) is 6. The Balaban J connectivity index is 1.73. The van der Waals surface area contributed by atoms with Crippen LogP contribution in [0, 0.1) is 0 Å². The molecule has 1 unspecified atom stereocenters. The van der Waals surface area contributed by atoms with Crippen LogP contribution in [0.3, 0.4) is 0 Å². The maximum Gasteiger partial charge on any atom is 0.220 e. The number of nitrogens with one attached hydrogen (secondary N) is 1. The number of rotatable bonds is 5. The summed E-state index contributed by atoms with van der Waals surface area (Å²) in [4.78, 5) is 26.1. The maximum atomic E-state index is 11.9. The number of pyridine rings is 1. The van der Waals surface area contributed by atoms with E-state index in [1.54, 1.807) is 29.2 Å². The zero-order chi connectivity index (χ0) is 23.8. The summed E-state index contributed by atoms with van der Waals surface area (Å²) in [5, 5.41) is 7.95. The van der Waals surface area contributed by atoms with Crippen molar-refractivity contribution in [1.82, 2.24) is 29.6 Å². The van der Waals surface area contributed by atoms with E-state index < -0.39 is 0 Å². The number of aryl methyl sites for hydroxylation is 1. The Morgan fingerprint density at radius 2 is 2.09 bits per heavy atom. The molecule has 4 heterocycles. The van der Waals surface area contributed by atoms with Crippen LogP contribution in [-0.4, -0.2) is 43.4 Å². The van der Waals surface area contributed by atoms with Gasteiger partial charge in [0.05, 0.1) is 30.2 Å². The predicted octanol–water partition coefficient (Wildman–Crippen LogP) is 3.66. The van der Waals surface area contributed by atoms with Crippen molar-refractivity contribution in [3.05, 3.63) is 58.4 Å². The lowest BCUT2D eigenvalue weighted by Gasteiger charge is -2.16. The minimum atomic E-state index is -0.0582. The monoisotopic (exact) mass is 497 g/mol. The van der Waals surface area contributed by atoms with E-state index >= 15 is 0 Å². The van der Waals surface area contributed by atoms with Crippen LogP contribution < -0.4 is 15.5 Å². The van der Waals surface area contributed by atoms with E-state index in [2.05, 4.69) is 15.4 Å². The molecule has 34 heavy (non-hydrogen) atoms. The minimum absolute atomic E-state index is 0.0327. The van der Waals surface area contributed by atoms with Crippen molar-refractivity contribution in [1.29, 1.82) is 0 Å². The van der Waals surface area contributed by atoms with Crippen molar-refractivity contribution in [2.75, 3.05) is 7.11 Å². The van der Waals surface area contributed by atoms with Gasteiger partial charge < -0.3 is 14.6 Å². The van der Waals surface area contributed by atoms with Gasteiger partial charge in [0, 0.05) is 37.8 Å². The largest absolute Gasteiger partial charge is 0.495 e. The first-order chi connectivity index (χ1) is 16.4. The molecule has 0 spiro atoms. The third-order valence-corrected chi connectivity index (χ3v) is 6.34. The normalized spacial score (nSPS) is 16.3. The zero-order valence-electron chi connectivity index (χ0n) is 18.5. The maximum absolute atomic E-state index is 11.9. The number of aromatic nitrogens is 5. The van der Waals surface area contributed by atoms with Gasteiger partial charge in [-0.25, -0.2) is 9.98 Å². The molecule has 0 bridgehead atoms. The summed E-state index contributed by atoms with van der Waals surface area (Å²) in [6.45, 7) is 0.465. The average molecular weight is 498 g/mol. The van der Waals surface area contributed by atoms with E-state index in [4.69, 9.17) is 37.9 Å². The summed E-state index contributed by atoms with van der Waals surface area (Å²) in [5.74, 6) is 0.504. The number of methoxy groups -OCH3 is 1. The number of hydrogen-bond donors (Lipinski definition) is 1. The minimum Gasteiger partial charge on any atom is -0.495 e. The Kier molecular flexibility index (Phi) is 5.97. The predicted molar refractivity (Wildman–Crippen MR) is 129 cm³/mol. The molecule has 1 amide bonds. The second kappa shape index (κ2) is 9.08. The first kappa shape index (κ1) is 22.4. The van der Waals surface area contributed by atoms with Crippen molar-refractivity contribution in [3.63, 3.8) is 0 Å². The van der Waals surface area contributed by atoms with Crippen LogP contribution in [-0.2, 0) is 18.4 Å². The number of carbonyl (C=O) groups excluding carboxylic acids is 1. The molecule has 3 aromatic heterocycles. The van der Waals surface area contributed by atoms with E-state index in [0.717, 1.165) is 12.0 Å². The molecule has 1 saturated heterocycles. The topological polar surface area (TPSA) is 99.2 Å². The fraction of sp³-hybridized carbons (Fsp3) is 0.261. The van der Waals surface area contributed by atoms with E-state index in [0.29, 0.717) is 56.8 Å². The molecular formula is C23H21Cl2N7O2. The number of ether oxygens (including phenoxy) is 1. The highest BCUT2D eigenvalue weighted by Crippen LogP contribution is 2.39. The van der Waals surface area contributed by atoms with Crippen LogP contribution in [0.25, 0.3) is 22.4 Å². The molecule has 11 heteroatoms. The summed E-state index contributed by atoms with van der Waals surface area (Å²) in [5.41, 5.74) is 3.81. The lowest BCUT2D eigenvalue weighted by atomic mass is 10.2. The highest BCUT2D eigenvalue weighted by atomic mass is 35.5. The van der Waals surface area contributed by atoms with Gasteiger partial charge in [0.2, 0.25) is 5.91 Å². The van der Waals surface area contributed by atoms with Crippen LogP contribution in [0.2, 0.25) is 10.0 Å². The summed E-state index contributed by atoms with van der Waals surface area (Å²) in [6, 6.07) is 7.01. The molecule has 9 nitrogen and oxygen atoms in total. The van der Waals surface area contributed by atoms with Crippen LogP contribution in [0.15, 0.2) is 47.8 Å². The molecule has 174 valence electrons. The first-order valence-electron chi connectivity index (χ1n) is 10.6. The average Bonchev–Trinajstić information content (AvgIpc) is 3.45. The number of fused-ring (bicyclic) bond motifs is 1. The zero-order valence-corrected chi connectivity index (χ0v) is 20.0. The Labute approximate surface area is 205 Å². The molecule has 0 saturated carbocycles. The van der Waals surface area contributed by atoms with Crippen molar-refractivity contribution in [2.45, 2.75) is 25.4 Å². The van der Waals surface area contributed by atoms with E-state index in [1.807, 2.05) is 29.9 Å². The van der Waals surface area contributed by atoms with Gasteiger partial charge in [-0.05, 0) is 30.7 Å². The second-order valence-corrected chi connectivity index (χ2v) is 8.78. The molecule has 1 aromatic carbocycles. The SMILES string of the molecule is COc1ccc(Cl)c(N=c2ccc3ncc(-c4cnn(C)c4)nc3n2CC2CCC(=O)N2)c1Cl. The van der Waals surface area contributed by atoms with E-state index in [1.165, 1.54) is 7.11 Å². The van der Waals surface area contributed by atoms with Crippen molar-refractivity contribution < 1.29 is 9.53 Å².